The van der Waals surface area contributed by atoms with E-state index in [9.17, 15) is 19.7 Å². The van der Waals surface area contributed by atoms with Gasteiger partial charge in [-0.2, -0.15) is 0 Å². The van der Waals surface area contributed by atoms with Crippen LogP contribution in [0, 0.1) is 10.1 Å². The van der Waals surface area contributed by atoms with Crippen molar-refractivity contribution in [1.29, 1.82) is 0 Å². The second-order valence-electron chi connectivity index (χ2n) is 6.39. The molecule has 0 aromatic heterocycles. The molecule has 0 saturated carbocycles. The van der Waals surface area contributed by atoms with Crippen molar-refractivity contribution in [2.24, 2.45) is 0 Å². The highest BCUT2D eigenvalue weighted by atomic mass is 16.6. The fraction of sp³-hybridized carbons (Fsp3) is 0.300. The van der Waals surface area contributed by atoms with Crippen LogP contribution in [0.4, 0.5) is 11.4 Å². The molecule has 10 heteroatoms. The van der Waals surface area contributed by atoms with E-state index in [4.69, 9.17) is 14.2 Å². The molecule has 2 aromatic carbocycles. The first-order chi connectivity index (χ1) is 14.5. The van der Waals surface area contributed by atoms with Gasteiger partial charge in [0.25, 0.3) is 17.5 Å². The van der Waals surface area contributed by atoms with Crippen molar-refractivity contribution >= 4 is 23.2 Å². The number of ether oxygens (including phenoxy) is 3. The van der Waals surface area contributed by atoms with Crippen LogP contribution in [0.2, 0.25) is 0 Å². The molecule has 2 aromatic rings. The molecule has 10 nitrogen and oxygen atoms in total. The van der Waals surface area contributed by atoms with Crippen LogP contribution in [0.1, 0.15) is 20.7 Å². The molecule has 2 amide bonds. The van der Waals surface area contributed by atoms with Crippen LogP contribution >= 0.6 is 0 Å². The van der Waals surface area contributed by atoms with Gasteiger partial charge in [0.1, 0.15) is 5.56 Å². The Hall–Kier alpha value is -3.66. The van der Waals surface area contributed by atoms with E-state index in [1.807, 2.05) is 0 Å². The summed E-state index contributed by atoms with van der Waals surface area (Å²) < 4.78 is 15.5. The quantitative estimate of drug-likeness (QED) is 0.568. The molecule has 1 fully saturated rings. The zero-order chi connectivity index (χ0) is 21.7. The molecule has 3 rings (SSSR count). The third-order valence-electron chi connectivity index (χ3n) is 4.65. The van der Waals surface area contributed by atoms with Crippen LogP contribution in [0.15, 0.2) is 36.4 Å². The lowest BCUT2D eigenvalue weighted by molar-refractivity contribution is -0.385. The first-order valence-electron chi connectivity index (χ1n) is 9.14. The minimum atomic E-state index is -0.745. The van der Waals surface area contributed by atoms with Gasteiger partial charge < -0.3 is 24.4 Å². The number of methoxy groups -OCH3 is 2. The third kappa shape index (κ3) is 4.33. The molecule has 0 unspecified atom stereocenters. The maximum atomic E-state index is 12.9. The summed E-state index contributed by atoms with van der Waals surface area (Å²) >= 11 is 0. The second-order valence-corrected chi connectivity index (χ2v) is 6.39. The summed E-state index contributed by atoms with van der Waals surface area (Å²) in [6.45, 7) is 1.78. The first-order valence-corrected chi connectivity index (χ1v) is 9.14. The van der Waals surface area contributed by atoms with E-state index in [1.165, 1.54) is 20.3 Å². The van der Waals surface area contributed by atoms with Crippen molar-refractivity contribution in [2.75, 3.05) is 45.8 Å². The molecule has 1 saturated heterocycles. The van der Waals surface area contributed by atoms with Gasteiger partial charge in [-0.3, -0.25) is 19.7 Å². The molecule has 0 aliphatic carbocycles. The van der Waals surface area contributed by atoms with Crippen LogP contribution in [0.3, 0.4) is 0 Å². The highest BCUT2D eigenvalue weighted by Crippen LogP contribution is 2.35. The van der Waals surface area contributed by atoms with Gasteiger partial charge in [-0.05, 0) is 12.1 Å². The van der Waals surface area contributed by atoms with Crippen LogP contribution in [-0.2, 0) is 4.74 Å². The van der Waals surface area contributed by atoms with Crippen LogP contribution in [0.25, 0.3) is 0 Å². The van der Waals surface area contributed by atoms with Crippen molar-refractivity contribution in [3.8, 4) is 11.5 Å². The van der Waals surface area contributed by atoms with E-state index < -0.39 is 16.5 Å². The Morgan fingerprint density at radius 2 is 1.70 bits per heavy atom. The van der Waals surface area contributed by atoms with E-state index >= 15 is 0 Å². The molecule has 1 aliphatic rings. The SMILES string of the molecule is COc1cc(C(=O)Nc2ccccc2C(=O)N2CCOCC2)c([N+](=O)[O-])cc1OC. The van der Waals surface area contributed by atoms with Gasteiger partial charge in [0.05, 0.1) is 49.7 Å². The second kappa shape index (κ2) is 9.23. The fourth-order valence-electron chi connectivity index (χ4n) is 3.11. The van der Waals surface area contributed by atoms with E-state index in [0.717, 1.165) is 6.07 Å². The highest BCUT2D eigenvalue weighted by Gasteiger charge is 2.26. The molecule has 0 atom stereocenters. The number of carbonyl (C=O) groups is 2. The lowest BCUT2D eigenvalue weighted by Crippen LogP contribution is -2.41. The standard InChI is InChI=1S/C20H21N3O7/c1-28-17-11-14(16(23(26)27)12-18(17)29-2)19(24)21-15-6-4-3-5-13(15)20(25)22-7-9-30-10-8-22/h3-6,11-12H,7-10H2,1-2H3,(H,21,24). The summed E-state index contributed by atoms with van der Waals surface area (Å²) in [7, 11) is 2.70. The summed E-state index contributed by atoms with van der Waals surface area (Å²) in [6, 6.07) is 8.86. The lowest BCUT2D eigenvalue weighted by atomic mass is 10.1. The summed E-state index contributed by atoms with van der Waals surface area (Å²) in [5, 5.41) is 14.1. The maximum Gasteiger partial charge on any atom is 0.286 e. The first kappa shape index (κ1) is 21.1. The predicted octanol–water partition coefficient (Wildman–Crippen LogP) is 2.34. The molecule has 0 bridgehead atoms. The van der Waals surface area contributed by atoms with Crippen LogP contribution < -0.4 is 14.8 Å². The number of nitrogens with one attached hydrogen (secondary N) is 1. The minimum absolute atomic E-state index is 0.128. The topological polar surface area (TPSA) is 120 Å². The van der Waals surface area contributed by atoms with Crippen LogP contribution in [-0.4, -0.2) is 62.2 Å². The van der Waals surface area contributed by atoms with Gasteiger partial charge >= 0.3 is 0 Å². The number of nitrogens with zero attached hydrogens (tertiary/aromatic N) is 2. The molecule has 0 spiro atoms. The Labute approximate surface area is 172 Å². The maximum absolute atomic E-state index is 12.9. The summed E-state index contributed by atoms with van der Waals surface area (Å²) in [6.07, 6.45) is 0. The highest BCUT2D eigenvalue weighted by molar-refractivity contribution is 6.11. The summed E-state index contributed by atoms with van der Waals surface area (Å²) in [5.41, 5.74) is -0.118. The molecule has 1 heterocycles. The predicted molar refractivity (Wildman–Crippen MR) is 107 cm³/mol. The Bertz CT molecular complexity index is 971. The Morgan fingerprint density at radius 1 is 1.07 bits per heavy atom. The van der Waals surface area contributed by atoms with Gasteiger partial charge in [-0.1, -0.05) is 12.1 Å². The number of anilines is 1. The normalized spacial score (nSPS) is 13.5. The Balaban J connectivity index is 1.93. The van der Waals surface area contributed by atoms with Gasteiger partial charge in [0, 0.05) is 19.2 Å². The molecule has 1 N–H and O–H groups in total. The number of carbonyl (C=O) groups excluding carboxylic acids is 2. The van der Waals surface area contributed by atoms with Crippen molar-refractivity contribution in [3.63, 3.8) is 0 Å². The number of amides is 2. The van der Waals surface area contributed by atoms with Crippen LogP contribution in [0.5, 0.6) is 11.5 Å². The average Bonchev–Trinajstić information content (AvgIpc) is 2.78. The molecule has 30 heavy (non-hydrogen) atoms. The zero-order valence-electron chi connectivity index (χ0n) is 16.5. The molecule has 158 valence electrons. The van der Waals surface area contributed by atoms with Crippen molar-refractivity contribution in [1.82, 2.24) is 4.90 Å². The molecular formula is C20H21N3O7. The molecular weight excluding hydrogens is 394 g/mol. The van der Waals surface area contributed by atoms with E-state index in [-0.39, 0.29) is 34.2 Å². The number of nitro benzene ring substituents is 1. The number of hydrogen-bond donors (Lipinski definition) is 1. The van der Waals surface area contributed by atoms with Gasteiger partial charge in [-0.25, -0.2) is 0 Å². The Kier molecular flexibility index (Phi) is 6.48. The third-order valence-corrected chi connectivity index (χ3v) is 4.65. The number of nitro groups is 1. The van der Waals surface area contributed by atoms with E-state index in [0.29, 0.717) is 26.3 Å². The monoisotopic (exact) mass is 415 g/mol. The zero-order valence-corrected chi connectivity index (χ0v) is 16.5. The largest absolute Gasteiger partial charge is 0.493 e. The van der Waals surface area contributed by atoms with E-state index in [2.05, 4.69) is 5.32 Å². The lowest BCUT2D eigenvalue weighted by Gasteiger charge is -2.27. The minimum Gasteiger partial charge on any atom is -0.493 e. The van der Waals surface area contributed by atoms with E-state index in [1.54, 1.807) is 29.2 Å². The smallest absolute Gasteiger partial charge is 0.286 e. The Morgan fingerprint density at radius 3 is 2.33 bits per heavy atom. The van der Waals surface area contributed by atoms with Crippen molar-refractivity contribution in [2.45, 2.75) is 0 Å². The number of hydrogen-bond acceptors (Lipinski definition) is 7. The summed E-state index contributed by atoms with van der Waals surface area (Å²) in [4.78, 5) is 38.2. The van der Waals surface area contributed by atoms with Crippen molar-refractivity contribution < 1.29 is 28.7 Å². The molecule has 0 radical (unpaired) electrons. The molecule has 1 aliphatic heterocycles. The van der Waals surface area contributed by atoms with Crippen molar-refractivity contribution in [3.05, 3.63) is 57.6 Å². The van der Waals surface area contributed by atoms with Gasteiger partial charge in [-0.15, -0.1) is 0 Å². The summed E-state index contributed by atoms with van der Waals surface area (Å²) in [5.74, 6) is -0.699. The van der Waals surface area contributed by atoms with Gasteiger partial charge in [0.2, 0.25) is 0 Å². The fourth-order valence-corrected chi connectivity index (χ4v) is 3.11. The number of morpholine rings is 1. The van der Waals surface area contributed by atoms with Gasteiger partial charge in [0.15, 0.2) is 11.5 Å². The number of para-hydroxylation sites is 1. The number of rotatable bonds is 6. The average molecular weight is 415 g/mol. The number of benzene rings is 2.